The normalized spacial score (nSPS) is 11.2. The molecule has 7 heteroatoms. The van der Waals surface area contributed by atoms with E-state index < -0.39 is 0 Å². The Labute approximate surface area is 176 Å². The van der Waals surface area contributed by atoms with Gasteiger partial charge in [0.05, 0.1) is 18.5 Å². The first-order valence-electron chi connectivity index (χ1n) is 8.74. The molecule has 0 unspecified atom stereocenters. The van der Waals surface area contributed by atoms with Crippen LogP contribution in [-0.4, -0.2) is 31.1 Å². The Bertz CT molecular complexity index is 832. The lowest BCUT2D eigenvalue weighted by Crippen LogP contribution is -2.37. The highest BCUT2D eigenvalue weighted by Crippen LogP contribution is 2.15. The molecule has 2 aromatic heterocycles. The lowest BCUT2D eigenvalue weighted by Gasteiger charge is -2.12. The van der Waals surface area contributed by atoms with Gasteiger partial charge in [0.25, 0.3) is 0 Å². The van der Waals surface area contributed by atoms with Crippen LogP contribution in [0.4, 0.5) is 0 Å². The van der Waals surface area contributed by atoms with E-state index in [1.54, 1.807) is 13.3 Å². The number of aromatic nitrogens is 1. The number of hydrogen-bond donors (Lipinski definition) is 2. The number of pyridine rings is 1. The van der Waals surface area contributed by atoms with Gasteiger partial charge in [-0.3, -0.25) is 9.98 Å². The fourth-order valence-corrected chi connectivity index (χ4v) is 2.66. The van der Waals surface area contributed by atoms with Gasteiger partial charge in [-0.15, -0.1) is 24.0 Å². The number of nitrogens with zero attached hydrogens (tertiary/aromatic N) is 2. The van der Waals surface area contributed by atoms with Crippen molar-refractivity contribution in [1.29, 1.82) is 0 Å². The van der Waals surface area contributed by atoms with Crippen molar-refractivity contribution in [1.82, 2.24) is 15.6 Å². The molecule has 0 saturated heterocycles. The third-order valence-corrected chi connectivity index (χ3v) is 3.99. The number of aliphatic imine (C=N–C) groups is 1. The van der Waals surface area contributed by atoms with Gasteiger partial charge in [0.1, 0.15) is 12.4 Å². The second-order valence-corrected chi connectivity index (χ2v) is 5.82. The van der Waals surface area contributed by atoms with Gasteiger partial charge >= 0.3 is 0 Å². The number of fused-ring (bicyclic) bond motifs is 1. The summed E-state index contributed by atoms with van der Waals surface area (Å²) in [5, 5.41) is 8.95. The van der Waals surface area contributed by atoms with Gasteiger partial charge < -0.3 is 19.8 Å². The van der Waals surface area contributed by atoms with E-state index in [2.05, 4.69) is 32.7 Å². The van der Waals surface area contributed by atoms with Crippen molar-refractivity contribution in [2.24, 2.45) is 4.99 Å². The van der Waals surface area contributed by atoms with E-state index in [0.717, 1.165) is 35.8 Å². The Morgan fingerprint density at radius 1 is 1.15 bits per heavy atom. The topological polar surface area (TPSA) is 71.7 Å². The third-order valence-electron chi connectivity index (χ3n) is 3.99. The van der Waals surface area contributed by atoms with Crippen LogP contribution in [0.5, 0.6) is 0 Å². The lowest BCUT2D eigenvalue weighted by atomic mass is 10.1. The zero-order valence-electron chi connectivity index (χ0n) is 15.4. The highest BCUT2D eigenvalue weighted by Gasteiger charge is 2.03. The minimum atomic E-state index is 0. The fraction of sp³-hybridized carbons (Fsp3) is 0.300. The van der Waals surface area contributed by atoms with Crippen LogP contribution in [-0.2, 0) is 17.9 Å². The molecular weight excluding hydrogens is 455 g/mol. The van der Waals surface area contributed by atoms with Crippen molar-refractivity contribution < 1.29 is 9.15 Å². The summed E-state index contributed by atoms with van der Waals surface area (Å²) in [7, 11) is 1.76. The van der Waals surface area contributed by atoms with Crippen LogP contribution in [0.25, 0.3) is 10.8 Å². The molecule has 3 rings (SSSR count). The van der Waals surface area contributed by atoms with Crippen molar-refractivity contribution in [3.05, 3.63) is 66.4 Å². The van der Waals surface area contributed by atoms with Crippen LogP contribution in [0.3, 0.4) is 0 Å². The molecule has 0 spiro atoms. The molecule has 27 heavy (non-hydrogen) atoms. The number of guanidine groups is 1. The Balaban J connectivity index is 0.00000261. The van der Waals surface area contributed by atoms with Crippen molar-refractivity contribution in [3.63, 3.8) is 0 Å². The van der Waals surface area contributed by atoms with Crippen LogP contribution in [0, 0.1) is 0 Å². The van der Waals surface area contributed by atoms with Crippen molar-refractivity contribution in [2.75, 3.05) is 20.2 Å². The molecule has 1 aromatic carbocycles. The third kappa shape index (κ3) is 6.51. The number of hydrogen-bond acceptors (Lipinski definition) is 4. The van der Waals surface area contributed by atoms with Gasteiger partial charge in [-0.05, 0) is 30.0 Å². The Morgan fingerprint density at radius 2 is 2.04 bits per heavy atom. The van der Waals surface area contributed by atoms with E-state index in [-0.39, 0.29) is 24.0 Å². The monoisotopic (exact) mass is 480 g/mol. The molecule has 2 N–H and O–H groups in total. The molecule has 6 nitrogen and oxygen atoms in total. The largest absolute Gasteiger partial charge is 0.467 e. The Hall–Kier alpha value is -2.13. The van der Waals surface area contributed by atoms with Crippen molar-refractivity contribution >= 4 is 40.7 Å². The number of nitrogens with one attached hydrogen (secondary N) is 2. The summed E-state index contributed by atoms with van der Waals surface area (Å²) in [6, 6.07) is 14.0. The second kappa shape index (κ2) is 11.6. The van der Waals surface area contributed by atoms with E-state index in [9.17, 15) is 0 Å². The molecule has 3 aromatic rings. The summed E-state index contributed by atoms with van der Waals surface area (Å²) in [6.07, 6.45) is 4.38. The summed E-state index contributed by atoms with van der Waals surface area (Å²) < 4.78 is 10.8. The summed E-state index contributed by atoms with van der Waals surface area (Å²) in [5.74, 6) is 1.60. The maximum absolute atomic E-state index is 5.57. The molecule has 0 saturated carbocycles. The standard InChI is InChI=1S/C20H24N4O2.HI/c1-21-20(23-10-5-12-25-15-17-7-4-13-26-17)24-14-19-18-8-3-2-6-16(18)9-11-22-19;/h2-4,6-9,11,13H,5,10,12,14-15H2,1H3,(H2,21,23,24);1H. The van der Waals surface area contributed by atoms with Crippen LogP contribution < -0.4 is 10.6 Å². The molecule has 0 bridgehead atoms. The summed E-state index contributed by atoms with van der Waals surface area (Å²) >= 11 is 0. The van der Waals surface area contributed by atoms with E-state index in [1.807, 2.05) is 36.5 Å². The maximum atomic E-state index is 5.57. The average Bonchev–Trinajstić information content (AvgIpc) is 3.20. The summed E-state index contributed by atoms with van der Waals surface area (Å²) in [5.41, 5.74) is 1.01. The van der Waals surface area contributed by atoms with E-state index in [4.69, 9.17) is 9.15 Å². The van der Waals surface area contributed by atoms with Gasteiger partial charge in [0.15, 0.2) is 5.96 Å². The van der Waals surface area contributed by atoms with Gasteiger partial charge in [-0.2, -0.15) is 0 Å². The summed E-state index contributed by atoms with van der Waals surface area (Å²) in [6.45, 7) is 2.57. The minimum Gasteiger partial charge on any atom is -0.467 e. The number of ether oxygens (including phenoxy) is 1. The van der Waals surface area contributed by atoms with Gasteiger partial charge in [0, 0.05) is 31.8 Å². The first kappa shape index (κ1) is 21.2. The predicted molar refractivity (Wildman–Crippen MR) is 118 cm³/mol. The quantitative estimate of drug-likeness (QED) is 0.223. The molecule has 0 aliphatic carbocycles. The predicted octanol–water partition coefficient (Wildman–Crippen LogP) is 3.72. The molecule has 0 aliphatic rings. The van der Waals surface area contributed by atoms with Crippen LogP contribution in [0.2, 0.25) is 0 Å². The SMILES string of the molecule is CN=C(NCCCOCc1ccco1)NCc1nccc2ccccc12.I. The van der Waals surface area contributed by atoms with E-state index in [0.29, 0.717) is 19.8 Å². The first-order valence-corrected chi connectivity index (χ1v) is 8.74. The van der Waals surface area contributed by atoms with Gasteiger partial charge in [-0.25, -0.2) is 0 Å². The molecule has 2 heterocycles. The van der Waals surface area contributed by atoms with Crippen LogP contribution >= 0.6 is 24.0 Å². The van der Waals surface area contributed by atoms with Crippen LogP contribution in [0.1, 0.15) is 17.9 Å². The van der Waals surface area contributed by atoms with Gasteiger partial charge in [-0.1, -0.05) is 24.3 Å². The van der Waals surface area contributed by atoms with Gasteiger partial charge in [0.2, 0.25) is 0 Å². The molecule has 0 fully saturated rings. The fourth-order valence-electron chi connectivity index (χ4n) is 2.66. The molecular formula is C20H25IN4O2. The Morgan fingerprint density at radius 3 is 2.85 bits per heavy atom. The van der Waals surface area contributed by atoms with E-state index >= 15 is 0 Å². The van der Waals surface area contributed by atoms with E-state index in [1.165, 1.54) is 5.39 Å². The number of furan rings is 1. The second-order valence-electron chi connectivity index (χ2n) is 5.82. The smallest absolute Gasteiger partial charge is 0.191 e. The molecule has 0 amide bonds. The first-order chi connectivity index (χ1) is 12.9. The molecule has 144 valence electrons. The average molecular weight is 480 g/mol. The molecule has 0 aliphatic heterocycles. The number of rotatable bonds is 8. The maximum Gasteiger partial charge on any atom is 0.191 e. The number of benzene rings is 1. The lowest BCUT2D eigenvalue weighted by molar-refractivity contribution is 0.105. The van der Waals surface area contributed by atoms with Crippen LogP contribution in [0.15, 0.2) is 64.3 Å². The minimum absolute atomic E-state index is 0. The highest BCUT2D eigenvalue weighted by molar-refractivity contribution is 14.0. The molecule has 0 atom stereocenters. The van der Waals surface area contributed by atoms with Crippen molar-refractivity contribution in [3.8, 4) is 0 Å². The zero-order valence-corrected chi connectivity index (χ0v) is 17.7. The Kier molecular flexibility index (Phi) is 9.06. The van der Waals surface area contributed by atoms with Crippen molar-refractivity contribution in [2.45, 2.75) is 19.6 Å². The number of halogens is 1. The highest BCUT2D eigenvalue weighted by atomic mass is 127. The zero-order chi connectivity index (χ0) is 18.0. The summed E-state index contributed by atoms with van der Waals surface area (Å²) in [4.78, 5) is 8.74. The molecule has 0 radical (unpaired) electrons.